The van der Waals surface area contributed by atoms with Crippen molar-refractivity contribution in [1.82, 2.24) is 14.9 Å². The highest BCUT2D eigenvalue weighted by Gasteiger charge is 2.20. The van der Waals surface area contributed by atoms with Gasteiger partial charge in [0.1, 0.15) is 18.2 Å². The molecule has 0 saturated heterocycles. The van der Waals surface area contributed by atoms with Crippen LogP contribution in [0.25, 0.3) is 11.0 Å². The van der Waals surface area contributed by atoms with Crippen LogP contribution in [0, 0.1) is 13.8 Å². The SMILES string of the molecule is Cc1ccc(C)c(OCCn2c([C@H](C)NC(=O)c3ccco3)nc3ccccc32)c1. The Hall–Kier alpha value is -3.54. The van der Waals surface area contributed by atoms with Gasteiger partial charge in [-0.3, -0.25) is 4.79 Å². The Balaban J connectivity index is 1.55. The fraction of sp³-hybridized carbons (Fsp3) is 0.250. The van der Waals surface area contributed by atoms with Gasteiger partial charge in [0, 0.05) is 0 Å². The predicted molar refractivity (Wildman–Crippen MR) is 116 cm³/mol. The number of fused-ring (bicyclic) bond motifs is 1. The van der Waals surface area contributed by atoms with Crippen LogP contribution < -0.4 is 10.1 Å². The zero-order chi connectivity index (χ0) is 21.1. The Labute approximate surface area is 175 Å². The van der Waals surface area contributed by atoms with Crippen LogP contribution in [0.4, 0.5) is 0 Å². The summed E-state index contributed by atoms with van der Waals surface area (Å²) >= 11 is 0. The average Bonchev–Trinajstić information content (AvgIpc) is 3.39. The normalized spacial score (nSPS) is 12.1. The van der Waals surface area contributed by atoms with Crippen molar-refractivity contribution in [2.45, 2.75) is 33.4 Å². The number of ether oxygens (including phenoxy) is 1. The predicted octanol–water partition coefficient (Wildman–Crippen LogP) is 4.82. The number of para-hydroxylation sites is 2. The quantitative estimate of drug-likeness (QED) is 0.480. The van der Waals surface area contributed by atoms with Crippen molar-refractivity contribution in [3.63, 3.8) is 0 Å². The second kappa shape index (κ2) is 8.45. The van der Waals surface area contributed by atoms with E-state index in [-0.39, 0.29) is 17.7 Å². The number of furan rings is 1. The summed E-state index contributed by atoms with van der Waals surface area (Å²) in [6, 6.07) is 17.2. The third kappa shape index (κ3) is 4.08. The number of carbonyl (C=O) groups is 1. The minimum atomic E-state index is -0.296. The number of carbonyl (C=O) groups excluding carboxylic acids is 1. The van der Waals surface area contributed by atoms with E-state index in [0.29, 0.717) is 13.2 Å². The number of hydrogen-bond acceptors (Lipinski definition) is 4. The van der Waals surface area contributed by atoms with Gasteiger partial charge in [-0.05, 0) is 62.2 Å². The molecule has 0 unspecified atom stereocenters. The van der Waals surface area contributed by atoms with Gasteiger partial charge >= 0.3 is 0 Å². The van der Waals surface area contributed by atoms with E-state index in [1.54, 1.807) is 12.1 Å². The van der Waals surface area contributed by atoms with E-state index in [9.17, 15) is 4.79 Å². The van der Waals surface area contributed by atoms with Crippen molar-refractivity contribution < 1.29 is 13.9 Å². The van der Waals surface area contributed by atoms with Crippen molar-refractivity contribution in [3.05, 3.63) is 83.6 Å². The maximum absolute atomic E-state index is 12.4. The standard InChI is InChI=1S/C24H25N3O3/c1-16-10-11-17(2)22(15-16)30-14-12-27-20-8-5-4-7-19(20)26-23(27)18(3)25-24(28)21-9-6-13-29-21/h4-11,13,15,18H,12,14H2,1-3H3,(H,25,28)/t18-/m0/s1. The first-order chi connectivity index (χ1) is 14.5. The van der Waals surface area contributed by atoms with Crippen molar-refractivity contribution in [2.24, 2.45) is 0 Å². The van der Waals surface area contributed by atoms with E-state index in [1.165, 1.54) is 11.8 Å². The van der Waals surface area contributed by atoms with Crippen LogP contribution >= 0.6 is 0 Å². The summed E-state index contributed by atoms with van der Waals surface area (Å²) in [5.74, 6) is 1.68. The van der Waals surface area contributed by atoms with Gasteiger partial charge in [0.15, 0.2) is 5.76 Å². The molecule has 0 bridgehead atoms. The molecule has 2 heterocycles. The van der Waals surface area contributed by atoms with Crippen molar-refractivity contribution in [3.8, 4) is 5.75 Å². The lowest BCUT2D eigenvalue weighted by Crippen LogP contribution is -2.29. The monoisotopic (exact) mass is 403 g/mol. The third-order valence-electron chi connectivity index (χ3n) is 5.08. The van der Waals surface area contributed by atoms with Gasteiger partial charge in [0.25, 0.3) is 5.91 Å². The van der Waals surface area contributed by atoms with E-state index in [4.69, 9.17) is 14.1 Å². The maximum Gasteiger partial charge on any atom is 0.287 e. The molecule has 0 aliphatic rings. The molecule has 1 atom stereocenters. The minimum absolute atomic E-state index is 0.266. The molecular weight excluding hydrogens is 378 g/mol. The number of nitrogens with zero attached hydrogens (tertiary/aromatic N) is 2. The number of imidazole rings is 1. The van der Waals surface area contributed by atoms with Crippen LogP contribution in [0.3, 0.4) is 0 Å². The molecule has 6 nitrogen and oxygen atoms in total. The molecule has 30 heavy (non-hydrogen) atoms. The first-order valence-corrected chi connectivity index (χ1v) is 10.0. The summed E-state index contributed by atoms with van der Waals surface area (Å²) in [6.45, 7) is 7.13. The molecule has 0 saturated carbocycles. The first kappa shape index (κ1) is 19.8. The van der Waals surface area contributed by atoms with E-state index in [0.717, 1.165) is 28.2 Å². The van der Waals surface area contributed by atoms with Crippen LogP contribution in [-0.4, -0.2) is 22.1 Å². The average molecular weight is 403 g/mol. The van der Waals surface area contributed by atoms with Gasteiger partial charge in [-0.15, -0.1) is 0 Å². The molecular formula is C24H25N3O3. The number of aryl methyl sites for hydroxylation is 2. The van der Waals surface area contributed by atoms with Crippen molar-refractivity contribution in [2.75, 3.05) is 6.61 Å². The molecule has 2 aromatic carbocycles. The summed E-state index contributed by atoms with van der Waals surface area (Å²) in [6.07, 6.45) is 1.49. The minimum Gasteiger partial charge on any atom is -0.491 e. The Kier molecular flexibility index (Phi) is 5.57. The molecule has 0 fully saturated rings. The lowest BCUT2D eigenvalue weighted by atomic mass is 10.1. The molecule has 0 aliphatic heterocycles. The van der Waals surface area contributed by atoms with E-state index < -0.39 is 0 Å². The summed E-state index contributed by atoms with van der Waals surface area (Å²) in [5, 5.41) is 2.97. The number of benzene rings is 2. The molecule has 154 valence electrons. The molecule has 6 heteroatoms. The molecule has 2 aromatic heterocycles. The molecule has 0 spiro atoms. The summed E-state index contributed by atoms with van der Waals surface area (Å²) in [4.78, 5) is 17.2. The molecule has 4 rings (SSSR count). The third-order valence-corrected chi connectivity index (χ3v) is 5.08. The molecule has 1 amide bonds. The van der Waals surface area contributed by atoms with E-state index in [2.05, 4.69) is 35.0 Å². The van der Waals surface area contributed by atoms with Gasteiger partial charge in [0.2, 0.25) is 0 Å². The molecule has 4 aromatic rings. The summed E-state index contributed by atoms with van der Waals surface area (Å²) < 4.78 is 13.4. The van der Waals surface area contributed by atoms with Crippen LogP contribution in [-0.2, 0) is 6.54 Å². The number of hydrogen-bond donors (Lipinski definition) is 1. The summed E-state index contributed by atoms with van der Waals surface area (Å²) in [5.41, 5.74) is 4.17. The Morgan fingerprint density at radius 2 is 2.00 bits per heavy atom. The van der Waals surface area contributed by atoms with Crippen molar-refractivity contribution >= 4 is 16.9 Å². The zero-order valence-electron chi connectivity index (χ0n) is 17.4. The lowest BCUT2D eigenvalue weighted by molar-refractivity contribution is 0.0909. The number of rotatable bonds is 7. The van der Waals surface area contributed by atoms with Gasteiger partial charge in [-0.25, -0.2) is 4.98 Å². The van der Waals surface area contributed by atoms with Gasteiger partial charge in [0.05, 0.1) is 29.9 Å². The highest BCUT2D eigenvalue weighted by Crippen LogP contribution is 2.23. The first-order valence-electron chi connectivity index (χ1n) is 10.0. The molecule has 0 aliphatic carbocycles. The van der Waals surface area contributed by atoms with E-state index >= 15 is 0 Å². The molecule has 0 radical (unpaired) electrons. The number of nitrogens with one attached hydrogen (secondary N) is 1. The highest BCUT2D eigenvalue weighted by atomic mass is 16.5. The van der Waals surface area contributed by atoms with Crippen molar-refractivity contribution in [1.29, 1.82) is 0 Å². The Morgan fingerprint density at radius 1 is 1.17 bits per heavy atom. The van der Waals surface area contributed by atoms with E-state index in [1.807, 2.05) is 38.1 Å². The number of amides is 1. The largest absolute Gasteiger partial charge is 0.491 e. The fourth-order valence-corrected chi connectivity index (χ4v) is 3.51. The second-order valence-corrected chi connectivity index (χ2v) is 7.40. The van der Waals surface area contributed by atoms with Gasteiger partial charge in [-0.1, -0.05) is 24.3 Å². The number of aromatic nitrogens is 2. The second-order valence-electron chi connectivity index (χ2n) is 7.40. The van der Waals surface area contributed by atoms with Gasteiger partial charge < -0.3 is 19.0 Å². The van der Waals surface area contributed by atoms with Crippen LogP contribution in [0.1, 0.15) is 40.5 Å². The molecule has 1 N–H and O–H groups in total. The van der Waals surface area contributed by atoms with Crippen LogP contribution in [0.15, 0.2) is 65.3 Å². The fourth-order valence-electron chi connectivity index (χ4n) is 3.51. The lowest BCUT2D eigenvalue weighted by Gasteiger charge is -2.17. The Morgan fingerprint density at radius 3 is 2.80 bits per heavy atom. The topological polar surface area (TPSA) is 69.3 Å². The maximum atomic E-state index is 12.4. The van der Waals surface area contributed by atoms with Crippen LogP contribution in [0.5, 0.6) is 5.75 Å². The van der Waals surface area contributed by atoms with Crippen LogP contribution in [0.2, 0.25) is 0 Å². The Bertz CT molecular complexity index is 1160. The highest BCUT2D eigenvalue weighted by molar-refractivity contribution is 5.91. The summed E-state index contributed by atoms with van der Waals surface area (Å²) in [7, 11) is 0. The smallest absolute Gasteiger partial charge is 0.287 e. The van der Waals surface area contributed by atoms with Gasteiger partial charge in [-0.2, -0.15) is 0 Å². The zero-order valence-corrected chi connectivity index (χ0v) is 17.4.